The lowest BCUT2D eigenvalue weighted by atomic mass is 10.1. The second-order valence-electron chi connectivity index (χ2n) is 6.64. The molecule has 0 aliphatic heterocycles. The number of benzene rings is 3. The molecule has 31 heavy (non-hydrogen) atoms. The molecular weight excluding hydrogens is 412 g/mol. The smallest absolute Gasteiger partial charge is 0.255 e. The van der Waals surface area contributed by atoms with Crippen LogP contribution in [0.15, 0.2) is 85.1 Å². The first-order valence-corrected chi connectivity index (χ1v) is 9.90. The summed E-state index contributed by atoms with van der Waals surface area (Å²) in [7, 11) is 1.54. The molecule has 1 aromatic heterocycles. The van der Waals surface area contributed by atoms with E-state index in [0.29, 0.717) is 33.7 Å². The maximum atomic E-state index is 12.8. The van der Waals surface area contributed by atoms with Crippen molar-refractivity contribution in [2.45, 2.75) is 0 Å². The van der Waals surface area contributed by atoms with Gasteiger partial charge in [0.25, 0.3) is 5.91 Å². The van der Waals surface area contributed by atoms with E-state index in [4.69, 9.17) is 16.3 Å². The van der Waals surface area contributed by atoms with E-state index in [2.05, 4.69) is 20.6 Å². The van der Waals surface area contributed by atoms with Crippen molar-refractivity contribution in [2.24, 2.45) is 0 Å². The number of aromatic nitrogens is 2. The zero-order valence-electron chi connectivity index (χ0n) is 16.7. The summed E-state index contributed by atoms with van der Waals surface area (Å²) in [4.78, 5) is 21.7. The molecule has 4 rings (SSSR count). The number of amides is 1. The molecule has 7 heteroatoms. The van der Waals surface area contributed by atoms with E-state index < -0.39 is 0 Å². The van der Waals surface area contributed by atoms with Gasteiger partial charge in [-0.05, 0) is 42.5 Å². The highest BCUT2D eigenvalue weighted by Crippen LogP contribution is 2.28. The van der Waals surface area contributed by atoms with Crippen LogP contribution in [0.2, 0.25) is 5.02 Å². The van der Waals surface area contributed by atoms with E-state index in [9.17, 15) is 4.79 Å². The third kappa shape index (κ3) is 4.99. The van der Waals surface area contributed by atoms with Crippen molar-refractivity contribution in [1.29, 1.82) is 0 Å². The second kappa shape index (κ2) is 9.28. The second-order valence-corrected chi connectivity index (χ2v) is 7.07. The summed E-state index contributed by atoms with van der Waals surface area (Å²) in [5, 5.41) is 6.57. The molecule has 0 fully saturated rings. The van der Waals surface area contributed by atoms with Crippen LogP contribution in [0.1, 0.15) is 10.4 Å². The molecule has 0 radical (unpaired) electrons. The SMILES string of the molecule is COc1ccc(Cl)cc1NC(=O)c1cccc(Nc2ccnc(-c3ccccc3)n2)c1. The largest absolute Gasteiger partial charge is 0.495 e. The topological polar surface area (TPSA) is 76.1 Å². The normalized spacial score (nSPS) is 10.4. The minimum atomic E-state index is -0.281. The average molecular weight is 431 g/mol. The first kappa shape index (κ1) is 20.4. The summed E-state index contributed by atoms with van der Waals surface area (Å²) in [6.45, 7) is 0. The maximum Gasteiger partial charge on any atom is 0.255 e. The van der Waals surface area contributed by atoms with E-state index in [1.807, 2.05) is 36.4 Å². The molecule has 3 aromatic carbocycles. The van der Waals surface area contributed by atoms with Crippen molar-refractivity contribution in [1.82, 2.24) is 9.97 Å². The van der Waals surface area contributed by atoms with Gasteiger partial charge in [-0.2, -0.15) is 0 Å². The lowest BCUT2D eigenvalue weighted by Crippen LogP contribution is -2.13. The number of rotatable bonds is 6. The Labute approximate surface area is 184 Å². The van der Waals surface area contributed by atoms with Crippen molar-refractivity contribution in [3.63, 3.8) is 0 Å². The van der Waals surface area contributed by atoms with Gasteiger partial charge in [0.15, 0.2) is 5.82 Å². The van der Waals surface area contributed by atoms with E-state index in [1.165, 1.54) is 7.11 Å². The quantitative estimate of drug-likeness (QED) is 0.404. The van der Waals surface area contributed by atoms with Gasteiger partial charge in [0.2, 0.25) is 0 Å². The number of hydrogen-bond acceptors (Lipinski definition) is 5. The average Bonchev–Trinajstić information content (AvgIpc) is 2.80. The molecule has 0 saturated carbocycles. The molecular formula is C24H19ClN4O2. The minimum Gasteiger partial charge on any atom is -0.495 e. The summed E-state index contributed by atoms with van der Waals surface area (Å²) < 4.78 is 5.29. The van der Waals surface area contributed by atoms with E-state index in [-0.39, 0.29) is 5.91 Å². The fraction of sp³-hybridized carbons (Fsp3) is 0.0417. The number of halogens is 1. The molecule has 2 N–H and O–H groups in total. The van der Waals surface area contributed by atoms with Crippen molar-refractivity contribution in [2.75, 3.05) is 17.7 Å². The number of hydrogen-bond donors (Lipinski definition) is 2. The Morgan fingerprint density at radius 1 is 0.968 bits per heavy atom. The van der Waals surface area contributed by atoms with Crippen molar-refractivity contribution in [3.8, 4) is 17.1 Å². The third-order valence-electron chi connectivity index (χ3n) is 4.49. The summed E-state index contributed by atoms with van der Waals surface area (Å²) in [5.41, 5.74) is 2.63. The molecule has 0 saturated heterocycles. The number of nitrogens with zero attached hydrogens (tertiary/aromatic N) is 2. The van der Waals surface area contributed by atoms with Crippen molar-refractivity contribution >= 4 is 34.7 Å². The van der Waals surface area contributed by atoms with E-state index >= 15 is 0 Å². The van der Waals surface area contributed by atoms with E-state index in [0.717, 1.165) is 11.3 Å². The number of carbonyl (C=O) groups is 1. The van der Waals surface area contributed by atoms with Gasteiger partial charge in [0, 0.05) is 28.0 Å². The van der Waals surface area contributed by atoms with Gasteiger partial charge in [-0.1, -0.05) is 48.0 Å². The molecule has 0 unspecified atom stereocenters. The Hall–Kier alpha value is -3.90. The maximum absolute atomic E-state index is 12.8. The predicted molar refractivity (Wildman–Crippen MR) is 123 cm³/mol. The summed E-state index contributed by atoms with van der Waals surface area (Å²) >= 11 is 6.05. The van der Waals surface area contributed by atoms with Crippen molar-refractivity contribution < 1.29 is 9.53 Å². The molecule has 1 amide bonds. The van der Waals surface area contributed by atoms with Crippen molar-refractivity contribution in [3.05, 3.63) is 95.6 Å². The monoisotopic (exact) mass is 430 g/mol. The number of ether oxygens (including phenoxy) is 1. The van der Waals surface area contributed by atoms with Gasteiger partial charge in [0.05, 0.1) is 12.8 Å². The Kier molecular flexibility index (Phi) is 6.10. The molecule has 0 bridgehead atoms. The number of carbonyl (C=O) groups excluding carboxylic acids is 1. The first-order valence-electron chi connectivity index (χ1n) is 9.53. The van der Waals surface area contributed by atoms with Crippen LogP contribution in [0, 0.1) is 0 Å². The highest BCUT2D eigenvalue weighted by atomic mass is 35.5. The van der Waals surface area contributed by atoms with Gasteiger partial charge in [-0.15, -0.1) is 0 Å². The molecule has 154 valence electrons. The molecule has 1 heterocycles. The van der Waals surface area contributed by atoms with E-state index in [1.54, 1.807) is 48.7 Å². The van der Waals surface area contributed by atoms with Gasteiger partial charge in [-0.25, -0.2) is 9.97 Å². The minimum absolute atomic E-state index is 0.281. The Morgan fingerprint density at radius 2 is 1.81 bits per heavy atom. The highest BCUT2D eigenvalue weighted by Gasteiger charge is 2.11. The Balaban J connectivity index is 1.53. The highest BCUT2D eigenvalue weighted by molar-refractivity contribution is 6.31. The number of anilines is 3. The molecule has 0 aliphatic rings. The lowest BCUT2D eigenvalue weighted by Gasteiger charge is -2.12. The van der Waals surface area contributed by atoms with Crippen LogP contribution in [0.5, 0.6) is 5.75 Å². The van der Waals surface area contributed by atoms with Crippen LogP contribution in [0.3, 0.4) is 0 Å². The standard InChI is InChI=1S/C24H19ClN4O2/c1-31-21-11-10-18(25)15-20(21)28-24(30)17-8-5-9-19(14-17)27-22-12-13-26-23(29-22)16-6-3-2-4-7-16/h2-15H,1H3,(H,28,30)(H,26,27,29). The lowest BCUT2D eigenvalue weighted by molar-refractivity contribution is 0.102. The Bertz CT molecular complexity index is 1220. The van der Waals surface area contributed by atoms with Crippen LogP contribution >= 0.6 is 11.6 Å². The fourth-order valence-electron chi connectivity index (χ4n) is 3.01. The molecule has 0 spiro atoms. The molecule has 0 aliphatic carbocycles. The van der Waals surface area contributed by atoms with Gasteiger partial charge < -0.3 is 15.4 Å². The summed E-state index contributed by atoms with van der Waals surface area (Å²) in [6, 6.07) is 23.7. The molecule has 0 atom stereocenters. The summed E-state index contributed by atoms with van der Waals surface area (Å²) in [6.07, 6.45) is 1.69. The van der Waals surface area contributed by atoms with Gasteiger partial charge >= 0.3 is 0 Å². The zero-order chi connectivity index (χ0) is 21.6. The van der Waals surface area contributed by atoms with Crippen LogP contribution in [0.4, 0.5) is 17.2 Å². The van der Waals surface area contributed by atoms with Crippen LogP contribution in [-0.4, -0.2) is 23.0 Å². The Morgan fingerprint density at radius 3 is 2.61 bits per heavy atom. The molecule has 4 aromatic rings. The zero-order valence-corrected chi connectivity index (χ0v) is 17.4. The molecule has 6 nitrogen and oxygen atoms in total. The van der Waals surface area contributed by atoms with Gasteiger partial charge in [-0.3, -0.25) is 4.79 Å². The third-order valence-corrected chi connectivity index (χ3v) is 4.73. The fourth-order valence-corrected chi connectivity index (χ4v) is 3.19. The van der Waals surface area contributed by atoms with Crippen LogP contribution in [0.25, 0.3) is 11.4 Å². The summed E-state index contributed by atoms with van der Waals surface area (Å²) in [5.74, 6) is 1.49. The van der Waals surface area contributed by atoms with Crippen LogP contribution < -0.4 is 15.4 Å². The predicted octanol–water partition coefficient (Wildman–Crippen LogP) is 5.80. The first-order chi connectivity index (χ1) is 15.1. The van der Waals surface area contributed by atoms with Crippen LogP contribution in [-0.2, 0) is 0 Å². The van der Waals surface area contributed by atoms with Gasteiger partial charge in [0.1, 0.15) is 11.6 Å². The number of methoxy groups -OCH3 is 1. The number of nitrogens with one attached hydrogen (secondary N) is 2.